The van der Waals surface area contributed by atoms with Crippen LogP contribution in [-0.4, -0.2) is 139 Å². The second-order valence-electron chi connectivity index (χ2n) is 14.2. The number of unbranched alkanes of at least 4 members (excludes halogenated alkanes) is 7. The first-order chi connectivity index (χ1) is 25.5. The molecule has 15 nitrogen and oxygen atoms in total. The quantitative estimate of drug-likeness (QED) is 0.0599. The van der Waals surface area contributed by atoms with Crippen molar-refractivity contribution in [3.63, 3.8) is 0 Å². The normalized spacial score (nSPS) is 29.8. The molecule has 15 heteroatoms. The summed E-state index contributed by atoms with van der Waals surface area (Å²) in [5.74, 6) is 0.324. The number of allylic oxidation sites excluding steroid dienone is 2. The number of H-pyrrole nitrogens is 1. The fourth-order valence-electron chi connectivity index (χ4n) is 6.56. The predicted molar refractivity (Wildman–Crippen MR) is 194 cm³/mol. The molecular formula is C38H60N2O13. The minimum absolute atomic E-state index is 0.0154. The lowest BCUT2D eigenvalue weighted by Gasteiger charge is -2.42. The average Bonchev–Trinajstić information content (AvgIpc) is 3.54. The Morgan fingerprint density at radius 3 is 2.21 bits per heavy atom. The summed E-state index contributed by atoms with van der Waals surface area (Å²) in [5, 5.41) is 84.5. The molecule has 0 aliphatic carbocycles. The van der Waals surface area contributed by atoms with Crippen LogP contribution in [0.25, 0.3) is 10.9 Å². The van der Waals surface area contributed by atoms with E-state index in [9.17, 15) is 45.6 Å². The van der Waals surface area contributed by atoms with Crippen LogP contribution >= 0.6 is 0 Å². The lowest BCUT2D eigenvalue weighted by Crippen LogP contribution is -2.62. The lowest BCUT2D eigenvalue weighted by atomic mass is 9.98. The zero-order valence-electron chi connectivity index (χ0n) is 30.5. The lowest BCUT2D eigenvalue weighted by molar-refractivity contribution is -0.323. The van der Waals surface area contributed by atoms with E-state index in [0.717, 1.165) is 80.7 Å². The molecule has 2 aliphatic rings. The maximum Gasteiger partial charge on any atom is 0.229 e. The molecule has 53 heavy (non-hydrogen) atoms. The Morgan fingerprint density at radius 2 is 1.49 bits per heavy atom. The number of aromatic amines is 1. The van der Waals surface area contributed by atoms with Gasteiger partial charge in [-0.1, -0.05) is 37.8 Å². The molecule has 1 amide bonds. The van der Waals surface area contributed by atoms with Gasteiger partial charge in [-0.15, -0.1) is 0 Å². The Morgan fingerprint density at radius 1 is 0.849 bits per heavy atom. The maximum absolute atomic E-state index is 12.4. The molecule has 1 aromatic carbocycles. The number of hydrogen-bond donors (Lipinski definition) is 10. The van der Waals surface area contributed by atoms with Gasteiger partial charge in [0.2, 0.25) is 12.2 Å². The number of ether oxygens (including phenoxy) is 4. The molecule has 2 aliphatic heterocycles. The SMILES string of the molecule is CC(O)CCCC/C=C\CCCCCCCC(=O)NCCc1c[nH]c2ccc(O[C@@H]3O[C@H](COC4O[C@H](CO)[C@@H](O)[C@H](O)[C@H]4O)[C@@H](O)[C@H](O)[C@H]3O)cc12. The van der Waals surface area contributed by atoms with Crippen LogP contribution in [0.15, 0.2) is 36.5 Å². The standard InChI is InChI=1S/C38H60N2O13/c1-23(42)13-11-9-7-5-3-2-4-6-8-10-12-14-30(43)39-18-17-24-20-40-27-16-15-25(19-26(24)27)51-38-36(49)34(47)32(45)29(53-38)22-50-37-35(48)33(46)31(44)28(21-41)52-37/h3,5,15-16,19-20,23,28-29,31-38,40-42,44-49H,2,4,6-14,17-18,21-22H2,1H3,(H,39,43)/b5-3-/t23?,28-,29-,31-,32-,33+,34+,35-,36-,37?,38-/m1/s1. The van der Waals surface area contributed by atoms with Crippen molar-refractivity contribution in [3.05, 3.63) is 42.1 Å². The van der Waals surface area contributed by atoms with Gasteiger partial charge >= 0.3 is 0 Å². The highest BCUT2D eigenvalue weighted by atomic mass is 16.7. The number of benzene rings is 1. The van der Waals surface area contributed by atoms with Gasteiger partial charge < -0.3 is 70.1 Å². The van der Waals surface area contributed by atoms with Crippen LogP contribution in [0.3, 0.4) is 0 Å². The van der Waals surface area contributed by atoms with E-state index in [1.165, 1.54) is 0 Å². The summed E-state index contributed by atoms with van der Waals surface area (Å²) >= 11 is 0. The number of nitrogens with one attached hydrogen (secondary N) is 2. The van der Waals surface area contributed by atoms with Gasteiger partial charge in [-0.2, -0.15) is 0 Å². The van der Waals surface area contributed by atoms with Crippen LogP contribution in [0, 0.1) is 0 Å². The van der Waals surface area contributed by atoms with Crippen LogP contribution in [0.5, 0.6) is 5.75 Å². The topological polar surface area (TPSA) is 244 Å². The van der Waals surface area contributed by atoms with Crippen LogP contribution in [0.1, 0.15) is 83.1 Å². The largest absolute Gasteiger partial charge is 0.462 e. The summed E-state index contributed by atoms with van der Waals surface area (Å²) in [5.41, 5.74) is 1.76. The number of aliphatic hydroxyl groups excluding tert-OH is 8. The summed E-state index contributed by atoms with van der Waals surface area (Å²) in [4.78, 5) is 15.6. The monoisotopic (exact) mass is 752 g/mol. The predicted octanol–water partition coefficient (Wildman–Crippen LogP) is 1.06. The number of rotatable bonds is 22. The summed E-state index contributed by atoms with van der Waals surface area (Å²) in [6, 6.07) is 5.17. The van der Waals surface area contributed by atoms with Crippen LogP contribution in [0.4, 0.5) is 0 Å². The van der Waals surface area contributed by atoms with Crippen molar-refractivity contribution in [1.29, 1.82) is 0 Å². The van der Waals surface area contributed by atoms with E-state index in [1.54, 1.807) is 18.2 Å². The maximum atomic E-state index is 12.4. The number of fused-ring (bicyclic) bond motifs is 1. The Kier molecular flexibility index (Phi) is 17.9. The first kappa shape index (κ1) is 43.1. The van der Waals surface area contributed by atoms with Gasteiger partial charge in [-0.3, -0.25) is 4.79 Å². The van der Waals surface area contributed by atoms with E-state index < -0.39 is 74.6 Å². The second-order valence-corrected chi connectivity index (χ2v) is 14.2. The minimum atomic E-state index is -1.68. The molecule has 4 rings (SSSR count). The van der Waals surface area contributed by atoms with E-state index >= 15 is 0 Å². The van der Waals surface area contributed by atoms with Gasteiger partial charge in [0.05, 0.1) is 19.3 Å². The van der Waals surface area contributed by atoms with E-state index in [-0.39, 0.29) is 12.0 Å². The van der Waals surface area contributed by atoms with Gasteiger partial charge in [0, 0.05) is 30.1 Å². The number of hydrogen-bond acceptors (Lipinski definition) is 13. The van der Waals surface area contributed by atoms with Crippen molar-refractivity contribution >= 4 is 16.8 Å². The molecule has 11 atom stereocenters. The third-order valence-electron chi connectivity index (χ3n) is 9.83. The molecule has 2 aromatic rings. The molecule has 0 radical (unpaired) electrons. The van der Waals surface area contributed by atoms with Crippen molar-refractivity contribution in [2.24, 2.45) is 0 Å². The zero-order valence-corrected chi connectivity index (χ0v) is 30.5. The molecule has 2 fully saturated rings. The van der Waals surface area contributed by atoms with Gasteiger partial charge in [0.25, 0.3) is 0 Å². The smallest absolute Gasteiger partial charge is 0.229 e. The third-order valence-corrected chi connectivity index (χ3v) is 9.83. The number of carbonyl (C=O) groups excluding carboxylic acids is 1. The summed E-state index contributed by atoms with van der Waals surface area (Å²) in [6.07, 6.45) is 2.44. The van der Waals surface area contributed by atoms with Crippen LogP contribution < -0.4 is 10.1 Å². The first-order valence-corrected chi connectivity index (χ1v) is 19.0. The Balaban J connectivity index is 1.17. The second kappa shape index (κ2) is 22.0. The first-order valence-electron chi connectivity index (χ1n) is 19.0. The minimum Gasteiger partial charge on any atom is -0.462 e. The highest BCUT2D eigenvalue weighted by Crippen LogP contribution is 2.29. The highest BCUT2D eigenvalue weighted by molar-refractivity contribution is 5.84. The molecule has 3 heterocycles. The molecule has 0 bridgehead atoms. The number of aliphatic hydroxyl groups is 8. The Labute approximate surface area is 310 Å². The summed E-state index contributed by atoms with van der Waals surface area (Å²) in [7, 11) is 0. The van der Waals surface area contributed by atoms with Gasteiger partial charge in [-0.25, -0.2) is 0 Å². The van der Waals surface area contributed by atoms with E-state index in [4.69, 9.17) is 18.9 Å². The fraction of sp³-hybridized carbons (Fsp3) is 0.711. The van der Waals surface area contributed by atoms with Crippen molar-refractivity contribution in [2.45, 2.75) is 151 Å². The van der Waals surface area contributed by atoms with Crippen molar-refractivity contribution in [1.82, 2.24) is 10.3 Å². The zero-order chi connectivity index (χ0) is 38.3. The fourth-order valence-corrected chi connectivity index (χ4v) is 6.56. The molecule has 0 saturated carbocycles. The van der Waals surface area contributed by atoms with Crippen molar-refractivity contribution < 1.29 is 64.6 Å². The Hall–Kier alpha value is -2.67. The molecule has 2 unspecified atom stereocenters. The third kappa shape index (κ3) is 13.0. The van der Waals surface area contributed by atoms with Gasteiger partial charge in [0.1, 0.15) is 54.6 Å². The summed E-state index contributed by atoms with van der Waals surface area (Å²) in [6.45, 7) is 1.16. The number of aromatic nitrogens is 1. The van der Waals surface area contributed by atoms with Crippen LogP contribution in [-0.2, 0) is 25.4 Å². The molecule has 10 N–H and O–H groups in total. The van der Waals surface area contributed by atoms with Crippen molar-refractivity contribution in [3.8, 4) is 5.75 Å². The van der Waals surface area contributed by atoms with E-state index in [2.05, 4.69) is 22.5 Å². The molecule has 0 spiro atoms. The molecular weight excluding hydrogens is 692 g/mol. The Bertz CT molecular complexity index is 1390. The molecule has 2 saturated heterocycles. The van der Waals surface area contributed by atoms with Gasteiger partial charge in [-0.05, 0) is 75.6 Å². The average molecular weight is 753 g/mol. The van der Waals surface area contributed by atoms with E-state index in [0.29, 0.717) is 25.1 Å². The van der Waals surface area contributed by atoms with Gasteiger partial charge in [0.15, 0.2) is 6.29 Å². The number of amides is 1. The van der Waals surface area contributed by atoms with Crippen LogP contribution in [0.2, 0.25) is 0 Å². The van der Waals surface area contributed by atoms with Crippen molar-refractivity contribution in [2.75, 3.05) is 19.8 Å². The van der Waals surface area contributed by atoms with E-state index in [1.807, 2.05) is 13.1 Å². The molecule has 1 aromatic heterocycles. The molecule has 300 valence electrons. The highest BCUT2D eigenvalue weighted by Gasteiger charge is 2.48. The number of carbonyl (C=O) groups is 1. The summed E-state index contributed by atoms with van der Waals surface area (Å²) < 4.78 is 22.5.